The largest absolute Gasteiger partial charge is 0.467 e. The van der Waals surface area contributed by atoms with Crippen molar-refractivity contribution in [1.82, 2.24) is 9.88 Å². The van der Waals surface area contributed by atoms with Crippen LogP contribution in [-0.2, 0) is 0 Å². The Kier molecular flexibility index (Phi) is 4.97. The van der Waals surface area contributed by atoms with E-state index < -0.39 is 17.5 Å². The molecule has 1 aliphatic heterocycles. The van der Waals surface area contributed by atoms with Crippen LogP contribution in [0.1, 0.15) is 23.2 Å². The normalized spacial score (nSPS) is 15.3. The van der Waals surface area contributed by atoms with E-state index in [2.05, 4.69) is 4.98 Å². The SMILES string of the molecule is O=C(c1ccc(F)cc1F)N1CCC(Oc2nc3c(Cl)cccc3s2)CC1. The summed E-state index contributed by atoms with van der Waals surface area (Å²) in [4.78, 5) is 18.4. The summed E-state index contributed by atoms with van der Waals surface area (Å²) in [6.45, 7) is 0.873. The highest BCUT2D eigenvalue weighted by atomic mass is 35.5. The molecule has 2 aromatic carbocycles. The Hall–Kier alpha value is -2.25. The third-order valence-corrected chi connectivity index (χ3v) is 5.72. The van der Waals surface area contributed by atoms with Gasteiger partial charge >= 0.3 is 0 Å². The lowest BCUT2D eigenvalue weighted by Gasteiger charge is -2.31. The number of fused-ring (bicyclic) bond motifs is 1. The minimum Gasteiger partial charge on any atom is -0.467 e. The Labute approximate surface area is 163 Å². The zero-order chi connectivity index (χ0) is 19.0. The molecule has 0 unspecified atom stereocenters. The third-order valence-electron chi connectivity index (χ3n) is 4.51. The minimum absolute atomic E-state index is 0.0774. The molecule has 0 spiro atoms. The molecule has 1 aliphatic rings. The number of para-hydroxylation sites is 1. The van der Waals surface area contributed by atoms with Gasteiger partial charge in [0.05, 0.1) is 15.3 Å². The summed E-state index contributed by atoms with van der Waals surface area (Å²) in [5.41, 5.74) is 0.607. The molecule has 1 aromatic heterocycles. The van der Waals surface area contributed by atoms with Crippen LogP contribution >= 0.6 is 22.9 Å². The van der Waals surface area contributed by atoms with Crippen LogP contribution in [0.15, 0.2) is 36.4 Å². The molecule has 0 saturated carbocycles. The summed E-state index contributed by atoms with van der Waals surface area (Å²) in [5.74, 6) is -1.98. The number of carbonyl (C=O) groups is 1. The second kappa shape index (κ2) is 7.40. The minimum atomic E-state index is -0.843. The monoisotopic (exact) mass is 408 g/mol. The number of nitrogens with zero attached hydrogens (tertiary/aromatic N) is 2. The standard InChI is InChI=1S/C19H15ClF2N2O2S/c20-14-2-1-3-16-17(14)23-19(27-16)26-12-6-8-24(9-7-12)18(25)13-5-4-11(21)10-15(13)22/h1-5,10,12H,6-9H2. The van der Waals surface area contributed by atoms with E-state index in [0.29, 0.717) is 36.1 Å². The maximum Gasteiger partial charge on any atom is 0.274 e. The van der Waals surface area contributed by atoms with Crippen molar-refractivity contribution in [2.24, 2.45) is 0 Å². The first-order valence-corrected chi connectivity index (χ1v) is 9.67. The van der Waals surface area contributed by atoms with Crippen molar-refractivity contribution in [2.45, 2.75) is 18.9 Å². The van der Waals surface area contributed by atoms with E-state index in [1.807, 2.05) is 12.1 Å². The molecule has 140 valence electrons. The molecule has 1 fully saturated rings. The van der Waals surface area contributed by atoms with Gasteiger partial charge in [-0.05, 0) is 24.3 Å². The van der Waals surface area contributed by atoms with Gasteiger partial charge in [0.25, 0.3) is 11.1 Å². The van der Waals surface area contributed by atoms with Crippen LogP contribution in [0.2, 0.25) is 5.02 Å². The maximum absolute atomic E-state index is 13.8. The summed E-state index contributed by atoms with van der Waals surface area (Å²) < 4.78 is 33.8. The fourth-order valence-electron chi connectivity index (χ4n) is 3.10. The van der Waals surface area contributed by atoms with Crippen molar-refractivity contribution in [3.8, 4) is 5.19 Å². The van der Waals surface area contributed by atoms with Crippen molar-refractivity contribution in [3.05, 3.63) is 58.6 Å². The number of aromatic nitrogens is 1. The molecule has 0 bridgehead atoms. The van der Waals surface area contributed by atoms with Gasteiger partial charge in [0, 0.05) is 32.0 Å². The number of likely N-dealkylation sites (tertiary alicyclic amines) is 1. The molecule has 8 heteroatoms. The number of carbonyl (C=O) groups excluding carboxylic acids is 1. The molecule has 1 saturated heterocycles. The van der Waals surface area contributed by atoms with E-state index in [9.17, 15) is 13.6 Å². The first-order valence-electron chi connectivity index (χ1n) is 8.47. The van der Waals surface area contributed by atoms with Crippen LogP contribution in [0.3, 0.4) is 0 Å². The predicted octanol–water partition coefficient (Wildman–Crippen LogP) is 4.91. The number of piperidine rings is 1. The lowest BCUT2D eigenvalue weighted by atomic mass is 10.1. The lowest BCUT2D eigenvalue weighted by molar-refractivity contribution is 0.0591. The van der Waals surface area contributed by atoms with Crippen LogP contribution in [0.4, 0.5) is 8.78 Å². The number of benzene rings is 2. The Morgan fingerprint density at radius 2 is 2.00 bits per heavy atom. The van der Waals surface area contributed by atoms with Crippen molar-refractivity contribution in [2.75, 3.05) is 13.1 Å². The van der Waals surface area contributed by atoms with Crippen LogP contribution in [0, 0.1) is 11.6 Å². The van der Waals surface area contributed by atoms with Gasteiger partial charge in [-0.25, -0.2) is 13.8 Å². The van der Waals surface area contributed by atoms with Crippen molar-refractivity contribution in [3.63, 3.8) is 0 Å². The highest BCUT2D eigenvalue weighted by molar-refractivity contribution is 7.20. The van der Waals surface area contributed by atoms with Gasteiger partial charge < -0.3 is 9.64 Å². The molecular weight excluding hydrogens is 394 g/mol. The number of ether oxygens (including phenoxy) is 1. The smallest absolute Gasteiger partial charge is 0.274 e. The molecule has 0 radical (unpaired) electrons. The predicted molar refractivity (Wildman–Crippen MR) is 101 cm³/mol. The first kappa shape index (κ1) is 18.1. The summed E-state index contributed by atoms with van der Waals surface area (Å²) >= 11 is 7.57. The Bertz CT molecular complexity index is 1000. The number of thiazole rings is 1. The fraction of sp³-hybridized carbons (Fsp3) is 0.263. The van der Waals surface area contributed by atoms with E-state index in [-0.39, 0.29) is 11.7 Å². The second-order valence-corrected chi connectivity index (χ2v) is 7.70. The molecule has 0 aliphatic carbocycles. The van der Waals surface area contributed by atoms with E-state index in [0.717, 1.165) is 22.3 Å². The van der Waals surface area contributed by atoms with E-state index in [1.165, 1.54) is 17.4 Å². The highest BCUT2D eigenvalue weighted by Gasteiger charge is 2.27. The van der Waals surface area contributed by atoms with Gasteiger partial charge in [-0.1, -0.05) is 29.0 Å². The molecular formula is C19H15ClF2N2O2S. The van der Waals surface area contributed by atoms with Gasteiger partial charge in [0.2, 0.25) is 0 Å². The zero-order valence-corrected chi connectivity index (χ0v) is 15.7. The van der Waals surface area contributed by atoms with Crippen molar-refractivity contribution < 1.29 is 18.3 Å². The Morgan fingerprint density at radius 1 is 1.22 bits per heavy atom. The van der Waals surface area contributed by atoms with Gasteiger partial charge in [-0.2, -0.15) is 0 Å². The lowest BCUT2D eigenvalue weighted by Crippen LogP contribution is -2.42. The average Bonchev–Trinajstić information content (AvgIpc) is 3.06. The Morgan fingerprint density at radius 3 is 2.70 bits per heavy atom. The number of amides is 1. The summed E-state index contributed by atoms with van der Waals surface area (Å²) in [5, 5.41) is 1.13. The van der Waals surface area contributed by atoms with E-state index in [1.54, 1.807) is 11.0 Å². The summed E-state index contributed by atoms with van der Waals surface area (Å²) in [6, 6.07) is 8.58. The highest BCUT2D eigenvalue weighted by Crippen LogP contribution is 2.33. The van der Waals surface area contributed by atoms with Crippen LogP contribution < -0.4 is 4.74 Å². The topological polar surface area (TPSA) is 42.4 Å². The third kappa shape index (κ3) is 3.75. The number of rotatable bonds is 3. The molecule has 4 rings (SSSR count). The molecule has 2 heterocycles. The van der Waals surface area contributed by atoms with Gasteiger partial charge in [0.15, 0.2) is 0 Å². The van der Waals surface area contributed by atoms with E-state index >= 15 is 0 Å². The second-order valence-electron chi connectivity index (χ2n) is 6.30. The molecule has 0 N–H and O–H groups in total. The van der Waals surface area contributed by atoms with Crippen molar-refractivity contribution in [1.29, 1.82) is 0 Å². The number of halogens is 3. The van der Waals surface area contributed by atoms with E-state index in [4.69, 9.17) is 16.3 Å². The summed E-state index contributed by atoms with van der Waals surface area (Å²) in [6.07, 6.45) is 1.14. The summed E-state index contributed by atoms with van der Waals surface area (Å²) in [7, 11) is 0. The van der Waals surface area contributed by atoms with Gasteiger partial charge in [-0.3, -0.25) is 4.79 Å². The van der Waals surface area contributed by atoms with Crippen LogP contribution in [0.5, 0.6) is 5.19 Å². The molecule has 0 atom stereocenters. The quantitative estimate of drug-likeness (QED) is 0.618. The first-order chi connectivity index (χ1) is 13.0. The van der Waals surface area contributed by atoms with Crippen LogP contribution in [0.25, 0.3) is 10.2 Å². The van der Waals surface area contributed by atoms with Gasteiger partial charge in [-0.15, -0.1) is 0 Å². The molecule has 27 heavy (non-hydrogen) atoms. The van der Waals surface area contributed by atoms with Crippen LogP contribution in [-0.4, -0.2) is 35.0 Å². The number of hydrogen-bond acceptors (Lipinski definition) is 4. The fourth-order valence-corrected chi connectivity index (χ4v) is 4.28. The van der Waals surface area contributed by atoms with Gasteiger partial charge in [0.1, 0.15) is 23.3 Å². The Balaban J connectivity index is 1.39. The molecule has 4 nitrogen and oxygen atoms in total. The average molecular weight is 409 g/mol. The molecule has 1 amide bonds. The zero-order valence-electron chi connectivity index (χ0n) is 14.1. The van der Waals surface area contributed by atoms with Crippen molar-refractivity contribution >= 4 is 39.1 Å². The molecule has 3 aromatic rings. The number of hydrogen-bond donors (Lipinski definition) is 0. The maximum atomic E-state index is 13.8.